The summed E-state index contributed by atoms with van der Waals surface area (Å²) in [5, 5.41) is 19.7. The van der Waals surface area contributed by atoms with Crippen LogP contribution in [0, 0.1) is 0 Å². The summed E-state index contributed by atoms with van der Waals surface area (Å²) in [6, 6.07) is 6.82. The molecule has 2 N–H and O–H groups in total. The first-order chi connectivity index (χ1) is 6.43. The molecule has 2 heteroatoms. The highest BCUT2D eigenvalue weighted by atomic mass is 16.3. The number of phenolic OH excluding ortho intramolecular Hbond substituents is 1. The number of benzene rings is 1. The Morgan fingerprint density at radius 1 is 1.43 bits per heavy atom. The van der Waals surface area contributed by atoms with Crippen molar-refractivity contribution >= 4 is 0 Å². The monoisotopic (exact) mass is 192 g/mol. The maximum absolute atomic E-state index is 10.1. The summed E-state index contributed by atoms with van der Waals surface area (Å²) in [6.07, 6.45) is 0.449. The highest BCUT2D eigenvalue weighted by Gasteiger charge is 2.25. The van der Waals surface area contributed by atoms with Crippen LogP contribution in [0.1, 0.15) is 25.8 Å². The first-order valence-corrected chi connectivity index (χ1v) is 4.59. The highest BCUT2D eigenvalue weighted by molar-refractivity contribution is 5.36. The van der Waals surface area contributed by atoms with Gasteiger partial charge in [-0.1, -0.05) is 23.8 Å². The lowest BCUT2D eigenvalue weighted by Gasteiger charge is -2.24. The van der Waals surface area contributed by atoms with Gasteiger partial charge < -0.3 is 10.2 Å². The Kier molecular flexibility index (Phi) is 2.96. The van der Waals surface area contributed by atoms with E-state index in [2.05, 4.69) is 6.58 Å². The van der Waals surface area contributed by atoms with Crippen molar-refractivity contribution in [2.75, 3.05) is 0 Å². The Hall–Kier alpha value is -1.28. The van der Waals surface area contributed by atoms with Crippen LogP contribution in [0.2, 0.25) is 0 Å². The molecule has 2 nitrogen and oxygen atoms in total. The lowest BCUT2D eigenvalue weighted by molar-refractivity contribution is 0.0553. The van der Waals surface area contributed by atoms with E-state index >= 15 is 0 Å². The molecule has 76 valence electrons. The van der Waals surface area contributed by atoms with Gasteiger partial charge in [0.2, 0.25) is 0 Å². The summed E-state index contributed by atoms with van der Waals surface area (Å²) in [6.45, 7) is 7.29. The molecule has 0 heterocycles. The van der Waals surface area contributed by atoms with Crippen LogP contribution in [-0.2, 0) is 5.60 Å². The van der Waals surface area contributed by atoms with E-state index in [0.717, 1.165) is 5.57 Å². The Morgan fingerprint density at radius 3 is 2.50 bits per heavy atom. The fourth-order valence-electron chi connectivity index (χ4n) is 1.61. The first kappa shape index (κ1) is 10.8. The topological polar surface area (TPSA) is 40.5 Å². The molecule has 1 aromatic rings. The van der Waals surface area contributed by atoms with Crippen LogP contribution >= 0.6 is 0 Å². The molecule has 1 atom stereocenters. The third-order valence-corrected chi connectivity index (χ3v) is 2.13. The maximum atomic E-state index is 10.1. The van der Waals surface area contributed by atoms with Crippen molar-refractivity contribution in [3.63, 3.8) is 0 Å². The molecular weight excluding hydrogens is 176 g/mol. The lowest BCUT2D eigenvalue weighted by atomic mass is 9.89. The van der Waals surface area contributed by atoms with Gasteiger partial charge in [0.05, 0.1) is 5.60 Å². The Morgan fingerprint density at radius 2 is 2.00 bits per heavy atom. The summed E-state index contributed by atoms with van der Waals surface area (Å²) >= 11 is 0. The molecule has 0 amide bonds. The number of aromatic hydroxyl groups is 1. The van der Waals surface area contributed by atoms with Crippen molar-refractivity contribution < 1.29 is 10.2 Å². The average Bonchev–Trinajstić information content (AvgIpc) is 2.02. The maximum Gasteiger partial charge on any atom is 0.121 e. The van der Waals surface area contributed by atoms with Crippen molar-refractivity contribution in [3.8, 4) is 5.75 Å². The molecule has 14 heavy (non-hydrogen) atoms. The molecule has 1 unspecified atom stereocenters. The van der Waals surface area contributed by atoms with Crippen molar-refractivity contribution in [2.45, 2.75) is 25.9 Å². The summed E-state index contributed by atoms with van der Waals surface area (Å²) in [7, 11) is 0. The fraction of sp³-hybridized carbons (Fsp3) is 0.333. The molecule has 0 saturated carbocycles. The summed E-state index contributed by atoms with van der Waals surface area (Å²) in [4.78, 5) is 0. The van der Waals surface area contributed by atoms with Crippen molar-refractivity contribution in [1.82, 2.24) is 0 Å². The van der Waals surface area contributed by atoms with Crippen LogP contribution in [0.25, 0.3) is 0 Å². The third-order valence-electron chi connectivity index (χ3n) is 2.13. The van der Waals surface area contributed by atoms with E-state index in [-0.39, 0.29) is 5.75 Å². The normalized spacial score (nSPS) is 14.8. The Balaban J connectivity index is 3.03. The van der Waals surface area contributed by atoms with Crippen LogP contribution in [0.5, 0.6) is 5.75 Å². The number of rotatable bonds is 3. The van der Waals surface area contributed by atoms with Gasteiger partial charge in [-0.2, -0.15) is 0 Å². The van der Waals surface area contributed by atoms with Gasteiger partial charge in [-0.05, 0) is 19.9 Å². The smallest absolute Gasteiger partial charge is 0.121 e. The molecule has 0 spiro atoms. The molecule has 0 aliphatic heterocycles. The fourth-order valence-corrected chi connectivity index (χ4v) is 1.61. The lowest BCUT2D eigenvalue weighted by Crippen LogP contribution is -2.21. The van der Waals surface area contributed by atoms with Crippen LogP contribution in [0.4, 0.5) is 0 Å². The van der Waals surface area contributed by atoms with Crippen LogP contribution in [0.15, 0.2) is 36.4 Å². The summed E-state index contributed by atoms with van der Waals surface area (Å²) in [5.41, 5.74) is 0.387. The van der Waals surface area contributed by atoms with E-state index in [1.54, 1.807) is 31.2 Å². The predicted octanol–water partition coefficient (Wildman–Crippen LogP) is 2.57. The number of hydrogen-bond acceptors (Lipinski definition) is 2. The van der Waals surface area contributed by atoms with Gasteiger partial charge >= 0.3 is 0 Å². The van der Waals surface area contributed by atoms with Gasteiger partial charge in [-0.25, -0.2) is 0 Å². The van der Waals surface area contributed by atoms with Gasteiger partial charge in [-0.3, -0.25) is 0 Å². The molecule has 1 rings (SSSR count). The van der Waals surface area contributed by atoms with E-state index in [1.807, 2.05) is 6.92 Å². The van der Waals surface area contributed by atoms with E-state index < -0.39 is 5.60 Å². The molecule has 0 radical (unpaired) electrons. The number of para-hydroxylation sites is 1. The SMILES string of the molecule is C=C(C)CC(C)(O)c1ccccc1O. The molecule has 0 aliphatic rings. The highest BCUT2D eigenvalue weighted by Crippen LogP contribution is 2.33. The summed E-state index contributed by atoms with van der Waals surface area (Å²) < 4.78 is 0. The molecule has 0 aromatic heterocycles. The van der Waals surface area contributed by atoms with E-state index in [0.29, 0.717) is 12.0 Å². The molecule has 0 bridgehead atoms. The van der Waals surface area contributed by atoms with Gasteiger partial charge in [0.1, 0.15) is 5.75 Å². The Bertz CT molecular complexity index is 340. The van der Waals surface area contributed by atoms with Crippen LogP contribution in [0.3, 0.4) is 0 Å². The average molecular weight is 192 g/mol. The largest absolute Gasteiger partial charge is 0.508 e. The number of hydrogen-bond donors (Lipinski definition) is 2. The van der Waals surface area contributed by atoms with E-state index in [9.17, 15) is 10.2 Å². The van der Waals surface area contributed by atoms with Gasteiger partial charge in [-0.15, -0.1) is 6.58 Å². The number of aliphatic hydroxyl groups is 1. The van der Waals surface area contributed by atoms with E-state index in [4.69, 9.17) is 0 Å². The van der Waals surface area contributed by atoms with Gasteiger partial charge in [0.25, 0.3) is 0 Å². The van der Waals surface area contributed by atoms with Gasteiger partial charge in [0, 0.05) is 12.0 Å². The standard InChI is InChI=1S/C12H16O2/c1-9(2)8-12(3,14)10-6-4-5-7-11(10)13/h4-7,13-14H,1,8H2,2-3H3. The zero-order valence-electron chi connectivity index (χ0n) is 8.62. The molecule has 0 fully saturated rings. The zero-order chi connectivity index (χ0) is 10.8. The predicted molar refractivity (Wildman–Crippen MR) is 57.1 cm³/mol. The quantitative estimate of drug-likeness (QED) is 0.722. The Labute approximate surface area is 84.5 Å². The van der Waals surface area contributed by atoms with Crippen molar-refractivity contribution in [1.29, 1.82) is 0 Å². The minimum Gasteiger partial charge on any atom is -0.508 e. The van der Waals surface area contributed by atoms with Crippen LogP contribution in [-0.4, -0.2) is 10.2 Å². The second kappa shape index (κ2) is 3.84. The second-order valence-electron chi connectivity index (χ2n) is 3.92. The van der Waals surface area contributed by atoms with Crippen LogP contribution < -0.4 is 0 Å². The van der Waals surface area contributed by atoms with Crippen molar-refractivity contribution in [2.24, 2.45) is 0 Å². The zero-order valence-corrected chi connectivity index (χ0v) is 8.62. The van der Waals surface area contributed by atoms with Gasteiger partial charge in [0.15, 0.2) is 0 Å². The second-order valence-corrected chi connectivity index (χ2v) is 3.92. The van der Waals surface area contributed by atoms with Crippen molar-refractivity contribution in [3.05, 3.63) is 42.0 Å². The number of phenols is 1. The molecule has 0 saturated heterocycles. The van der Waals surface area contributed by atoms with E-state index in [1.165, 1.54) is 0 Å². The molecular formula is C12H16O2. The minimum atomic E-state index is -1.04. The first-order valence-electron chi connectivity index (χ1n) is 4.59. The molecule has 1 aromatic carbocycles. The summed E-state index contributed by atoms with van der Waals surface area (Å²) in [5.74, 6) is 0.124. The molecule has 0 aliphatic carbocycles. The third kappa shape index (κ3) is 2.36. The minimum absolute atomic E-state index is 0.124.